The highest BCUT2D eigenvalue weighted by molar-refractivity contribution is 5.86. The molecule has 122 valence electrons. The molecule has 0 saturated heterocycles. The van der Waals surface area contributed by atoms with Crippen LogP contribution in [0.3, 0.4) is 0 Å². The highest BCUT2D eigenvalue weighted by atomic mass is 16.2. The van der Waals surface area contributed by atoms with E-state index in [4.69, 9.17) is 5.73 Å². The molecule has 0 spiro atoms. The number of carbonyl (C=O) groups excluding carboxylic acids is 1. The van der Waals surface area contributed by atoms with Gasteiger partial charge in [0.05, 0.1) is 11.9 Å². The minimum atomic E-state index is -0.667. The summed E-state index contributed by atoms with van der Waals surface area (Å²) >= 11 is 0. The molecule has 1 aliphatic rings. The molecule has 1 heterocycles. The summed E-state index contributed by atoms with van der Waals surface area (Å²) in [5.74, 6) is -0.0142. The van der Waals surface area contributed by atoms with Gasteiger partial charge in [0, 0.05) is 25.5 Å². The van der Waals surface area contributed by atoms with Gasteiger partial charge >= 0.3 is 0 Å². The Morgan fingerprint density at radius 2 is 1.87 bits per heavy atom. The first-order valence-electron chi connectivity index (χ1n) is 8.26. The van der Waals surface area contributed by atoms with Crippen LogP contribution >= 0.6 is 0 Å². The summed E-state index contributed by atoms with van der Waals surface area (Å²) in [6.45, 7) is 1.34. The molecular weight excluding hydrogens is 288 g/mol. The molecule has 1 saturated carbocycles. The van der Waals surface area contributed by atoms with Crippen LogP contribution in [0.5, 0.6) is 0 Å². The predicted octanol–water partition coefficient (Wildman–Crippen LogP) is 2.21. The zero-order valence-electron chi connectivity index (χ0n) is 13.4. The van der Waals surface area contributed by atoms with Crippen molar-refractivity contribution in [3.8, 4) is 0 Å². The summed E-state index contributed by atoms with van der Waals surface area (Å²) in [6, 6.07) is 8.27. The Labute approximate surface area is 136 Å². The number of amides is 1. The summed E-state index contributed by atoms with van der Waals surface area (Å²) in [5, 5.41) is 3.00. The number of hydrogen-bond acceptors (Lipinski definition) is 3. The van der Waals surface area contributed by atoms with Crippen LogP contribution in [0.25, 0.3) is 0 Å². The first-order chi connectivity index (χ1) is 11.2. The Hall–Kier alpha value is -2.14. The van der Waals surface area contributed by atoms with Crippen molar-refractivity contribution in [2.75, 3.05) is 0 Å². The summed E-state index contributed by atoms with van der Waals surface area (Å²) in [5.41, 5.74) is 7.88. The van der Waals surface area contributed by atoms with Gasteiger partial charge in [0.25, 0.3) is 0 Å². The van der Waals surface area contributed by atoms with Gasteiger partial charge in [-0.15, -0.1) is 0 Å². The average Bonchev–Trinajstić information content (AvgIpc) is 3.07. The number of hydrogen-bond donors (Lipinski definition) is 2. The van der Waals surface area contributed by atoms with Crippen molar-refractivity contribution in [1.82, 2.24) is 14.9 Å². The summed E-state index contributed by atoms with van der Waals surface area (Å²) in [6.07, 6.45) is 10.4. The summed E-state index contributed by atoms with van der Waals surface area (Å²) in [7, 11) is 0. The van der Waals surface area contributed by atoms with Crippen molar-refractivity contribution in [3.05, 3.63) is 54.1 Å². The first kappa shape index (κ1) is 15.7. The van der Waals surface area contributed by atoms with Crippen LogP contribution in [0.4, 0.5) is 0 Å². The molecule has 5 heteroatoms. The van der Waals surface area contributed by atoms with E-state index in [1.807, 2.05) is 10.8 Å². The number of nitrogens with one attached hydrogen (secondary N) is 1. The Morgan fingerprint density at radius 1 is 1.17 bits per heavy atom. The lowest BCUT2D eigenvalue weighted by Gasteiger charge is -2.31. The van der Waals surface area contributed by atoms with Gasteiger partial charge in [-0.3, -0.25) is 4.79 Å². The predicted molar refractivity (Wildman–Crippen MR) is 89.6 cm³/mol. The molecule has 1 aliphatic carbocycles. The second-order valence-electron chi connectivity index (χ2n) is 6.45. The molecule has 0 unspecified atom stereocenters. The molecule has 3 rings (SSSR count). The standard InChI is InChI=1S/C18H24N4O/c19-18(8-2-1-3-9-18)17(23)21-12-15-4-6-16(7-5-15)13-22-11-10-20-14-22/h4-7,10-11,14H,1-3,8-9,12-13,19H2,(H,21,23). The van der Waals surface area contributed by atoms with Crippen LogP contribution < -0.4 is 11.1 Å². The average molecular weight is 312 g/mol. The molecule has 5 nitrogen and oxygen atoms in total. The summed E-state index contributed by atoms with van der Waals surface area (Å²) in [4.78, 5) is 16.4. The van der Waals surface area contributed by atoms with Gasteiger partial charge in [0.1, 0.15) is 0 Å². The normalized spacial score (nSPS) is 16.9. The SMILES string of the molecule is NC1(C(=O)NCc2ccc(Cn3ccnc3)cc2)CCCCC1. The van der Waals surface area contributed by atoms with Gasteiger partial charge in [-0.1, -0.05) is 43.5 Å². The molecular formula is C18H24N4O. The maximum atomic E-state index is 12.3. The zero-order chi connectivity index (χ0) is 16.1. The molecule has 0 radical (unpaired) electrons. The number of benzene rings is 1. The highest BCUT2D eigenvalue weighted by Crippen LogP contribution is 2.26. The number of nitrogens with two attached hydrogens (primary N) is 1. The van der Waals surface area contributed by atoms with Crippen LogP contribution in [0, 0.1) is 0 Å². The number of nitrogens with zero attached hydrogens (tertiary/aromatic N) is 2. The topological polar surface area (TPSA) is 72.9 Å². The number of carbonyl (C=O) groups is 1. The van der Waals surface area contributed by atoms with Crippen LogP contribution in [-0.2, 0) is 17.9 Å². The van der Waals surface area contributed by atoms with Gasteiger partial charge in [-0.05, 0) is 24.0 Å². The van der Waals surface area contributed by atoms with Gasteiger partial charge in [0.15, 0.2) is 0 Å². The summed E-state index contributed by atoms with van der Waals surface area (Å²) < 4.78 is 2.03. The lowest BCUT2D eigenvalue weighted by Crippen LogP contribution is -2.54. The van der Waals surface area contributed by atoms with E-state index in [9.17, 15) is 4.79 Å². The minimum absolute atomic E-state index is 0.0142. The van der Waals surface area contributed by atoms with E-state index in [2.05, 4.69) is 34.6 Å². The fraction of sp³-hybridized carbons (Fsp3) is 0.444. The maximum absolute atomic E-state index is 12.3. The van der Waals surface area contributed by atoms with Crippen molar-refractivity contribution in [1.29, 1.82) is 0 Å². The highest BCUT2D eigenvalue weighted by Gasteiger charge is 2.34. The van der Waals surface area contributed by atoms with Crippen molar-refractivity contribution in [2.45, 2.75) is 50.7 Å². The third kappa shape index (κ3) is 3.99. The molecule has 23 heavy (non-hydrogen) atoms. The Balaban J connectivity index is 1.53. The lowest BCUT2D eigenvalue weighted by atomic mass is 9.82. The number of rotatable bonds is 5. The van der Waals surface area contributed by atoms with Crippen LogP contribution in [0.15, 0.2) is 43.0 Å². The molecule has 0 aliphatic heterocycles. The molecule has 3 N–H and O–H groups in total. The van der Waals surface area contributed by atoms with E-state index in [-0.39, 0.29) is 5.91 Å². The van der Waals surface area contributed by atoms with Crippen molar-refractivity contribution >= 4 is 5.91 Å². The fourth-order valence-electron chi connectivity index (χ4n) is 3.12. The van der Waals surface area contributed by atoms with Crippen molar-refractivity contribution in [3.63, 3.8) is 0 Å². The van der Waals surface area contributed by atoms with Gasteiger partial charge in [-0.2, -0.15) is 0 Å². The van der Waals surface area contributed by atoms with E-state index in [1.165, 1.54) is 12.0 Å². The molecule has 1 amide bonds. The van der Waals surface area contributed by atoms with E-state index in [0.29, 0.717) is 6.54 Å². The molecule has 1 fully saturated rings. The minimum Gasteiger partial charge on any atom is -0.350 e. The van der Waals surface area contributed by atoms with E-state index >= 15 is 0 Å². The van der Waals surface area contributed by atoms with E-state index < -0.39 is 5.54 Å². The molecule has 1 aromatic carbocycles. The molecule has 0 atom stereocenters. The van der Waals surface area contributed by atoms with Crippen LogP contribution in [-0.4, -0.2) is 21.0 Å². The second-order valence-corrected chi connectivity index (χ2v) is 6.45. The fourth-order valence-corrected chi connectivity index (χ4v) is 3.12. The number of imidazole rings is 1. The molecule has 1 aromatic heterocycles. The smallest absolute Gasteiger partial charge is 0.240 e. The third-order valence-corrected chi connectivity index (χ3v) is 4.60. The Morgan fingerprint density at radius 3 is 2.52 bits per heavy atom. The van der Waals surface area contributed by atoms with E-state index in [0.717, 1.165) is 37.8 Å². The van der Waals surface area contributed by atoms with Gasteiger partial charge < -0.3 is 15.6 Å². The Bertz CT molecular complexity index is 628. The lowest BCUT2D eigenvalue weighted by molar-refractivity contribution is -0.127. The largest absolute Gasteiger partial charge is 0.350 e. The first-order valence-corrected chi connectivity index (χ1v) is 8.26. The van der Waals surface area contributed by atoms with Gasteiger partial charge in [0.2, 0.25) is 5.91 Å². The van der Waals surface area contributed by atoms with Crippen molar-refractivity contribution in [2.24, 2.45) is 5.73 Å². The van der Waals surface area contributed by atoms with Crippen LogP contribution in [0.1, 0.15) is 43.2 Å². The van der Waals surface area contributed by atoms with Crippen molar-refractivity contribution < 1.29 is 4.79 Å². The monoisotopic (exact) mass is 312 g/mol. The quantitative estimate of drug-likeness (QED) is 0.889. The van der Waals surface area contributed by atoms with E-state index in [1.54, 1.807) is 12.5 Å². The molecule has 2 aromatic rings. The van der Waals surface area contributed by atoms with Gasteiger partial charge in [-0.25, -0.2) is 4.98 Å². The maximum Gasteiger partial charge on any atom is 0.240 e. The zero-order valence-corrected chi connectivity index (χ0v) is 13.4. The Kier molecular flexibility index (Phi) is 4.76. The second kappa shape index (κ2) is 6.96. The van der Waals surface area contributed by atoms with Crippen LogP contribution in [0.2, 0.25) is 0 Å². The third-order valence-electron chi connectivity index (χ3n) is 4.60. The number of aromatic nitrogens is 2. The molecule has 0 bridgehead atoms.